The first kappa shape index (κ1) is 14.2. The lowest BCUT2D eigenvalue weighted by Crippen LogP contribution is -2.35. The molecule has 0 saturated heterocycles. The van der Waals surface area contributed by atoms with Gasteiger partial charge in [-0.3, -0.25) is 4.79 Å². The van der Waals surface area contributed by atoms with Crippen LogP contribution in [0.5, 0.6) is 5.75 Å². The van der Waals surface area contributed by atoms with Crippen LogP contribution >= 0.6 is 0 Å². The Morgan fingerprint density at radius 1 is 1.14 bits per heavy atom. The number of carbonyl (C=O) groups is 1. The van der Waals surface area contributed by atoms with E-state index in [0.29, 0.717) is 18.1 Å². The monoisotopic (exact) mass is 295 g/mol. The zero-order valence-electron chi connectivity index (χ0n) is 12.3. The molecule has 1 atom stereocenters. The van der Waals surface area contributed by atoms with E-state index in [9.17, 15) is 4.79 Å². The van der Waals surface area contributed by atoms with Gasteiger partial charge in [0, 0.05) is 5.39 Å². The van der Waals surface area contributed by atoms with Crippen molar-refractivity contribution in [1.29, 1.82) is 0 Å². The molecule has 0 spiro atoms. The molecule has 4 nitrogen and oxygen atoms in total. The molecule has 2 aromatic carbocycles. The molecule has 3 rings (SSSR count). The van der Waals surface area contributed by atoms with Crippen LogP contribution in [0.25, 0.3) is 10.8 Å². The van der Waals surface area contributed by atoms with Crippen molar-refractivity contribution in [2.75, 3.05) is 0 Å². The number of carbonyl (C=O) groups excluding carboxylic acids is 1. The Bertz CT molecular complexity index is 760. The van der Waals surface area contributed by atoms with E-state index < -0.39 is 6.10 Å². The Morgan fingerprint density at radius 3 is 2.77 bits per heavy atom. The highest BCUT2D eigenvalue weighted by Gasteiger charge is 2.15. The van der Waals surface area contributed by atoms with Crippen molar-refractivity contribution in [1.82, 2.24) is 5.32 Å². The molecule has 1 heterocycles. The SMILES string of the molecule is C[C@H](Oc1cccc2ccccc12)C(=O)NCc1ccco1. The Kier molecular flexibility index (Phi) is 4.10. The molecule has 1 amide bonds. The molecular formula is C18H17NO3. The highest BCUT2D eigenvalue weighted by atomic mass is 16.5. The average Bonchev–Trinajstić information content (AvgIpc) is 3.06. The average molecular weight is 295 g/mol. The van der Waals surface area contributed by atoms with Gasteiger partial charge in [-0.05, 0) is 30.5 Å². The third-order valence-corrected chi connectivity index (χ3v) is 3.44. The molecule has 0 aliphatic heterocycles. The second-order valence-electron chi connectivity index (χ2n) is 5.03. The lowest BCUT2D eigenvalue weighted by molar-refractivity contribution is -0.127. The summed E-state index contributed by atoms with van der Waals surface area (Å²) >= 11 is 0. The summed E-state index contributed by atoms with van der Waals surface area (Å²) in [4.78, 5) is 12.1. The largest absolute Gasteiger partial charge is 0.480 e. The van der Waals surface area contributed by atoms with Crippen LogP contribution in [0.4, 0.5) is 0 Å². The van der Waals surface area contributed by atoms with Gasteiger partial charge in [0.1, 0.15) is 11.5 Å². The van der Waals surface area contributed by atoms with Gasteiger partial charge < -0.3 is 14.5 Å². The fraction of sp³-hybridized carbons (Fsp3) is 0.167. The highest BCUT2D eigenvalue weighted by Crippen LogP contribution is 2.26. The van der Waals surface area contributed by atoms with E-state index in [-0.39, 0.29) is 5.91 Å². The summed E-state index contributed by atoms with van der Waals surface area (Å²) in [6, 6.07) is 17.4. The van der Waals surface area contributed by atoms with Crippen molar-refractivity contribution in [2.45, 2.75) is 19.6 Å². The Labute approximate surface area is 128 Å². The number of ether oxygens (including phenoxy) is 1. The smallest absolute Gasteiger partial charge is 0.261 e. The maximum Gasteiger partial charge on any atom is 0.261 e. The first-order valence-electron chi connectivity index (χ1n) is 7.18. The molecule has 0 aliphatic rings. The standard InChI is InChI=1S/C18H17NO3/c1-13(18(20)19-12-15-8-5-11-21-15)22-17-10-4-7-14-6-2-3-9-16(14)17/h2-11,13H,12H2,1H3,(H,19,20)/t13-/m0/s1. The zero-order chi connectivity index (χ0) is 15.4. The quantitative estimate of drug-likeness (QED) is 0.783. The molecule has 3 aromatic rings. The molecule has 112 valence electrons. The molecule has 0 aliphatic carbocycles. The van der Waals surface area contributed by atoms with E-state index in [1.165, 1.54) is 0 Å². The van der Waals surface area contributed by atoms with E-state index in [1.54, 1.807) is 19.3 Å². The Hall–Kier alpha value is -2.75. The van der Waals surface area contributed by atoms with Gasteiger partial charge in [0.2, 0.25) is 0 Å². The first-order valence-corrected chi connectivity index (χ1v) is 7.18. The van der Waals surface area contributed by atoms with Gasteiger partial charge in [0.15, 0.2) is 6.10 Å². The molecular weight excluding hydrogens is 278 g/mol. The van der Waals surface area contributed by atoms with Gasteiger partial charge in [-0.2, -0.15) is 0 Å². The maximum absolute atomic E-state index is 12.1. The molecule has 1 aromatic heterocycles. The zero-order valence-corrected chi connectivity index (χ0v) is 12.3. The van der Waals surface area contributed by atoms with E-state index >= 15 is 0 Å². The van der Waals surface area contributed by atoms with E-state index in [0.717, 1.165) is 10.8 Å². The van der Waals surface area contributed by atoms with Crippen LogP contribution < -0.4 is 10.1 Å². The van der Waals surface area contributed by atoms with Crippen molar-refractivity contribution in [3.8, 4) is 5.75 Å². The predicted molar refractivity (Wildman–Crippen MR) is 84.6 cm³/mol. The molecule has 0 bridgehead atoms. The number of rotatable bonds is 5. The summed E-state index contributed by atoms with van der Waals surface area (Å²) in [5.41, 5.74) is 0. The third-order valence-electron chi connectivity index (χ3n) is 3.44. The fourth-order valence-electron chi connectivity index (χ4n) is 2.27. The van der Waals surface area contributed by atoms with Crippen LogP contribution in [0.15, 0.2) is 65.3 Å². The van der Waals surface area contributed by atoms with Gasteiger partial charge in [0.25, 0.3) is 5.91 Å². The summed E-state index contributed by atoms with van der Waals surface area (Å²) in [7, 11) is 0. The number of hydrogen-bond donors (Lipinski definition) is 1. The maximum atomic E-state index is 12.1. The molecule has 0 saturated carbocycles. The topological polar surface area (TPSA) is 51.5 Å². The number of furan rings is 1. The molecule has 22 heavy (non-hydrogen) atoms. The molecule has 0 fully saturated rings. The summed E-state index contributed by atoms with van der Waals surface area (Å²) in [5, 5.41) is 4.88. The number of nitrogens with one attached hydrogen (secondary N) is 1. The highest BCUT2D eigenvalue weighted by molar-refractivity contribution is 5.89. The van der Waals surface area contributed by atoms with Crippen LogP contribution in [-0.4, -0.2) is 12.0 Å². The minimum atomic E-state index is -0.583. The van der Waals surface area contributed by atoms with E-state index in [2.05, 4.69) is 5.32 Å². The second-order valence-corrected chi connectivity index (χ2v) is 5.03. The predicted octanol–water partition coefficient (Wildman–Crippen LogP) is 3.52. The van der Waals surface area contributed by atoms with Crippen LogP contribution in [0.2, 0.25) is 0 Å². The van der Waals surface area contributed by atoms with Gasteiger partial charge in [-0.1, -0.05) is 36.4 Å². The van der Waals surface area contributed by atoms with Gasteiger partial charge in [-0.15, -0.1) is 0 Å². The minimum Gasteiger partial charge on any atom is -0.480 e. The normalized spacial score (nSPS) is 12.0. The fourth-order valence-corrected chi connectivity index (χ4v) is 2.27. The van der Waals surface area contributed by atoms with Crippen molar-refractivity contribution in [2.24, 2.45) is 0 Å². The number of amides is 1. The Balaban J connectivity index is 1.67. The van der Waals surface area contributed by atoms with Crippen LogP contribution in [0.3, 0.4) is 0 Å². The first-order chi connectivity index (χ1) is 10.7. The summed E-state index contributed by atoms with van der Waals surface area (Å²) < 4.78 is 11.0. The third kappa shape index (κ3) is 3.11. The summed E-state index contributed by atoms with van der Waals surface area (Å²) in [6.07, 6.45) is 0.998. The summed E-state index contributed by atoms with van der Waals surface area (Å²) in [5.74, 6) is 1.24. The molecule has 0 unspecified atom stereocenters. The van der Waals surface area contributed by atoms with Crippen LogP contribution in [0.1, 0.15) is 12.7 Å². The van der Waals surface area contributed by atoms with Crippen molar-refractivity contribution >= 4 is 16.7 Å². The van der Waals surface area contributed by atoms with Gasteiger partial charge in [0.05, 0.1) is 12.8 Å². The lowest BCUT2D eigenvalue weighted by Gasteiger charge is -2.15. The number of hydrogen-bond acceptors (Lipinski definition) is 3. The van der Waals surface area contributed by atoms with Gasteiger partial charge in [-0.25, -0.2) is 0 Å². The summed E-state index contributed by atoms with van der Waals surface area (Å²) in [6.45, 7) is 2.09. The number of fused-ring (bicyclic) bond motifs is 1. The van der Waals surface area contributed by atoms with E-state index in [1.807, 2.05) is 48.5 Å². The van der Waals surface area contributed by atoms with Gasteiger partial charge >= 0.3 is 0 Å². The van der Waals surface area contributed by atoms with Crippen LogP contribution in [-0.2, 0) is 11.3 Å². The van der Waals surface area contributed by atoms with Crippen molar-refractivity contribution in [3.05, 3.63) is 66.6 Å². The minimum absolute atomic E-state index is 0.177. The Morgan fingerprint density at radius 2 is 1.95 bits per heavy atom. The van der Waals surface area contributed by atoms with E-state index in [4.69, 9.17) is 9.15 Å². The molecule has 0 radical (unpaired) electrons. The molecule has 4 heteroatoms. The van der Waals surface area contributed by atoms with Crippen molar-refractivity contribution < 1.29 is 13.9 Å². The van der Waals surface area contributed by atoms with Crippen molar-refractivity contribution in [3.63, 3.8) is 0 Å². The second kappa shape index (κ2) is 6.35. The molecule has 1 N–H and O–H groups in total. The van der Waals surface area contributed by atoms with Crippen LogP contribution in [0, 0.1) is 0 Å². The lowest BCUT2D eigenvalue weighted by atomic mass is 10.1. The number of benzene rings is 2.